The quantitative estimate of drug-likeness (QED) is 0.906. The van der Waals surface area contributed by atoms with Gasteiger partial charge in [-0.15, -0.1) is 0 Å². The minimum absolute atomic E-state index is 0.0453. The van der Waals surface area contributed by atoms with Gasteiger partial charge < -0.3 is 5.32 Å². The van der Waals surface area contributed by atoms with E-state index < -0.39 is 11.7 Å². The van der Waals surface area contributed by atoms with E-state index in [1.54, 1.807) is 24.3 Å². The topological polar surface area (TPSA) is 76.7 Å². The maximum Gasteiger partial charge on any atom is 0.255 e. The molecule has 0 aliphatic rings. The van der Waals surface area contributed by atoms with E-state index in [1.807, 2.05) is 6.07 Å². The Morgan fingerprint density at radius 1 is 1.05 bits per heavy atom. The van der Waals surface area contributed by atoms with E-state index >= 15 is 0 Å². The molecule has 0 aromatic heterocycles. The van der Waals surface area contributed by atoms with Crippen molar-refractivity contribution in [3.05, 3.63) is 65.0 Å². The fourth-order valence-electron chi connectivity index (χ4n) is 1.66. The minimum Gasteiger partial charge on any atom is -0.322 e. The Kier molecular flexibility index (Phi) is 3.74. The van der Waals surface area contributed by atoms with Crippen LogP contribution in [0.4, 0.5) is 10.1 Å². The molecular weight excluding hydrogens is 257 g/mol. The number of nitrogens with one attached hydrogen (secondary N) is 1. The van der Waals surface area contributed by atoms with Gasteiger partial charge in [0.1, 0.15) is 5.82 Å². The summed E-state index contributed by atoms with van der Waals surface area (Å²) in [7, 11) is 0. The van der Waals surface area contributed by atoms with Crippen molar-refractivity contribution in [3.8, 4) is 12.1 Å². The SMILES string of the molecule is N#Cc1cccc(NC(=O)c2cc(F)cc(C#N)c2)c1. The highest BCUT2D eigenvalue weighted by Gasteiger charge is 2.09. The van der Waals surface area contributed by atoms with Gasteiger partial charge in [-0.25, -0.2) is 4.39 Å². The zero-order valence-corrected chi connectivity index (χ0v) is 10.2. The second-order valence-corrected chi connectivity index (χ2v) is 3.99. The molecule has 2 aromatic carbocycles. The van der Waals surface area contributed by atoms with Crippen LogP contribution in [0, 0.1) is 28.5 Å². The summed E-state index contributed by atoms with van der Waals surface area (Å²) in [5.74, 6) is -1.20. The zero-order chi connectivity index (χ0) is 14.5. The van der Waals surface area contributed by atoms with E-state index in [9.17, 15) is 9.18 Å². The van der Waals surface area contributed by atoms with Crippen LogP contribution in [0.1, 0.15) is 21.5 Å². The largest absolute Gasteiger partial charge is 0.322 e. The molecule has 0 atom stereocenters. The summed E-state index contributed by atoms with van der Waals surface area (Å²) in [4.78, 5) is 12.0. The van der Waals surface area contributed by atoms with Crippen molar-refractivity contribution in [2.75, 3.05) is 5.32 Å². The summed E-state index contributed by atoms with van der Waals surface area (Å²) in [5, 5.41) is 20.1. The average molecular weight is 265 g/mol. The first-order valence-corrected chi connectivity index (χ1v) is 5.64. The number of amides is 1. The summed E-state index contributed by atoms with van der Waals surface area (Å²) in [6.45, 7) is 0. The molecule has 5 heteroatoms. The highest BCUT2D eigenvalue weighted by molar-refractivity contribution is 6.04. The molecule has 0 saturated carbocycles. The van der Waals surface area contributed by atoms with Crippen molar-refractivity contribution in [1.29, 1.82) is 10.5 Å². The van der Waals surface area contributed by atoms with Crippen molar-refractivity contribution in [3.63, 3.8) is 0 Å². The van der Waals surface area contributed by atoms with E-state index in [-0.39, 0.29) is 11.1 Å². The number of anilines is 1. The van der Waals surface area contributed by atoms with Crippen molar-refractivity contribution in [2.24, 2.45) is 0 Å². The number of halogens is 1. The summed E-state index contributed by atoms with van der Waals surface area (Å²) in [5.41, 5.74) is 0.946. The third-order valence-corrected chi connectivity index (χ3v) is 2.54. The van der Waals surface area contributed by atoms with Crippen molar-refractivity contribution in [1.82, 2.24) is 0 Å². The second-order valence-electron chi connectivity index (χ2n) is 3.99. The van der Waals surface area contributed by atoms with E-state index in [0.717, 1.165) is 12.1 Å². The predicted molar refractivity (Wildman–Crippen MR) is 70.2 cm³/mol. The molecule has 20 heavy (non-hydrogen) atoms. The third-order valence-electron chi connectivity index (χ3n) is 2.54. The number of carbonyl (C=O) groups is 1. The van der Waals surface area contributed by atoms with Crippen LogP contribution in [0.5, 0.6) is 0 Å². The first-order chi connectivity index (χ1) is 9.62. The zero-order valence-electron chi connectivity index (χ0n) is 10.2. The Hall–Kier alpha value is -3.18. The van der Waals surface area contributed by atoms with Gasteiger partial charge in [-0.05, 0) is 36.4 Å². The highest BCUT2D eigenvalue weighted by atomic mass is 19.1. The summed E-state index contributed by atoms with van der Waals surface area (Å²) >= 11 is 0. The lowest BCUT2D eigenvalue weighted by Gasteiger charge is -2.06. The van der Waals surface area contributed by atoms with Gasteiger partial charge in [0.05, 0.1) is 23.3 Å². The van der Waals surface area contributed by atoms with Crippen LogP contribution in [0.3, 0.4) is 0 Å². The van der Waals surface area contributed by atoms with Crippen LogP contribution in [-0.4, -0.2) is 5.91 Å². The molecule has 0 saturated heterocycles. The van der Waals surface area contributed by atoms with Crippen molar-refractivity contribution in [2.45, 2.75) is 0 Å². The Labute approximate surface area is 114 Å². The molecule has 0 spiro atoms. The first kappa shape index (κ1) is 13.3. The molecule has 4 nitrogen and oxygen atoms in total. The Morgan fingerprint density at radius 2 is 1.80 bits per heavy atom. The minimum atomic E-state index is -0.653. The van der Waals surface area contributed by atoms with Gasteiger partial charge in [0, 0.05) is 11.3 Å². The van der Waals surface area contributed by atoms with Gasteiger partial charge in [-0.3, -0.25) is 4.79 Å². The molecule has 0 bridgehead atoms. The maximum absolute atomic E-state index is 13.3. The lowest BCUT2D eigenvalue weighted by atomic mass is 10.1. The van der Waals surface area contributed by atoms with Gasteiger partial charge in [0.15, 0.2) is 0 Å². The third kappa shape index (κ3) is 2.98. The molecule has 96 valence electrons. The molecule has 0 aliphatic heterocycles. The molecule has 1 N–H and O–H groups in total. The first-order valence-electron chi connectivity index (χ1n) is 5.64. The number of rotatable bonds is 2. The number of carbonyl (C=O) groups excluding carboxylic acids is 1. The normalized spacial score (nSPS) is 9.35. The van der Waals surface area contributed by atoms with Crippen LogP contribution in [-0.2, 0) is 0 Å². The second kappa shape index (κ2) is 5.64. The monoisotopic (exact) mass is 265 g/mol. The lowest BCUT2D eigenvalue weighted by Crippen LogP contribution is -2.12. The molecule has 2 aromatic rings. The Morgan fingerprint density at radius 3 is 2.50 bits per heavy atom. The van der Waals surface area contributed by atoms with Crippen molar-refractivity contribution < 1.29 is 9.18 Å². The molecule has 1 amide bonds. The van der Waals surface area contributed by atoms with Gasteiger partial charge in [-0.2, -0.15) is 10.5 Å². The van der Waals surface area contributed by atoms with Gasteiger partial charge in [0.25, 0.3) is 5.91 Å². The number of benzene rings is 2. The number of nitriles is 2. The summed E-state index contributed by atoms with van der Waals surface area (Å²) in [6, 6.07) is 13.5. The molecular formula is C15H8FN3O. The summed E-state index contributed by atoms with van der Waals surface area (Å²) in [6.07, 6.45) is 0. The van der Waals surface area contributed by atoms with E-state index in [2.05, 4.69) is 5.32 Å². The maximum atomic E-state index is 13.3. The van der Waals surface area contributed by atoms with Crippen LogP contribution in [0.25, 0.3) is 0 Å². The standard InChI is InChI=1S/C15H8FN3O/c16-13-5-11(9-18)4-12(7-13)15(20)19-14-3-1-2-10(6-14)8-17/h1-7H,(H,19,20). The molecule has 0 radical (unpaired) electrons. The van der Waals surface area contributed by atoms with Gasteiger partial charge in [0.2, 0.25) is 0 Å². The van der Waals surface area contributed by atoms with E-state index in [0.29, 0.717) is 11.3 Å². The van der Waals surface area contributed by atoms with E-state index in [1.165, 1.54) is 12.1 Å². The van der Waals surface area contributed by atoms with E-state index in [4.69, 9.17) is 10.5 Å². The van der Waals surface area contributed by atoms with Crippen LogP contribution < -0.4 is 5.32 Å². The number of hydrogen-bond donors (Lipinski definition) is 1. The average Bonchev–Trinajstić information content (AvgIpc) is 2.46. The molecule has 0 unspecified atom stereocenters. The van der Waals surface area contributed by atoms with Crippen LogP contribution >= 0.6 is 0 Å². The highest BCUT2D eigenvalue weighted by Crippen LogP contribution is 2.13. The predicted octanol–water partition coefficient (Wildman–Crippen LogP) is 2.82. The molecule has 0 aliphatic carbocycles. The smallest absolute Gasteiger partial charge is 0.255 e. The Bertz CT molecular complexity index is 756. The fraction of sp³-hybridized carbons (Fsp3) is 0. The van der Waals surface area contributed by atoms with Crippen LogP contribution in [0.15, 0.2) is 42.5 Å². The van der Waals surface area contributed by atoms with Crippen molar-refractivity contribution >= 4 is 11.6 Å². The molecule has 0 fully saturated rings. The number of nitrogens with zero attached hydrogens (tertiary/aromatic N) is 2. The van der Waals surface area contributed by atoms with Gasteiger partial charge >= 0.3 is 0 Å². The van der Waals surface area contributed by atoms with Gasteiger partial charge in [-0.1, -0.05) is 6.07 Å². The Balaban J connectivity index is 2.26. The number of hydrogen-bond acceptors (Lipinski definition) is 3. The molecule has 0 heterocycles. The summed E-state index contributed by atoms with van der Waals surface area (Å²) < 4.78 is 13.3. The fourth-order valence-corrected chi connectivity index (χ4v) is 1.66. The molecule has 2 rings (SSSR count). The van der Waals surface area contributed by atoms with Crippen LogP contribution in [0.2, 0.25) is 0 Å². The lowest BCUT2D eigenvalue weighted by molar-refractivity contribution is 0.102.